The van der Waals surface area contributed by atoms with E-state index in [9.17, 15) is 14.4 Å². The summed E-state index contributed by atoms with van der Waals surface area (Å²) in [5.41, 5.74) is 0.788. The molecule has 1 atom stereocenters. The fourth-order valence-electron chi connectivity index (χ4n) is 2.03. The highest BCUT2D eigenvalue weighted by atomic mass is 79.9. The number of hydrogen-bond acceptors (Lipinski definition) is 5. The van der Waals surface area contributed by atoms with Crippen LogP contribution in [0.1, 0.15) is 25.8 Å². The first-order chi connectivity index (χ1) is 11.3. The summed E-state index contributed by atoms with van der Waals surface area (Å²) in [5.74, 6) is -1.35. The second kappa shape index (κ2) is 10.1. The lowest BCUT2D eigenvalue weighted by Gasteiger charge is -2.18. The van der Waals surface area contributed by atoms with E-state index in [-0.39, 0.29) is 12.3 Å². The molecule has 0 aliphatic rings. The minimum Gasteiger partial charge on any atom is -0.467 e. The molecule has 0 spiro atoms. The number of carbonyl (C=O) groups is 3. The van der Waals surface area contributed by atoms with Crippen molar-refractivity contribution in [1.82, 2.24) is 5.32 Å². The molecule has 0 aliphatic carbocycles. The second-order valence-corrected chi connectivity index (χ2v) is 6.65. The van der Waals surface area contributed by atoms with Crippen LogP contribution in [-0.2, 0) is 30.3 Å². The molecule has 0 aromatic heterocycles. The van der Waals surface area contributed by atoms with Crippen LogP contribution in [0.4, 0.5) is 0 Å². The highest BCUT2D eigenvalue weighted by Gasteiger charge is 2.23. The van der Waals surface area contributed by atoms with Gasteiger partial charge in [-0.2, -0.15) is 0 Å². The van der Waals surface area contributed by atoms with Gasteiger partial charge >= 0.3 is 11.9 Å². The van der Waals surface area contributed by atoms with E-state index in [1.165, 1.54) is 7.11 Å². The molecule has 0 saturated carbocycles. The van der Waals surface area contributed by atoms with Crippen molar-refractivity contribution >= 4 is 33.8 Å². The molecule has 0 bridgehead atoms. The number of nitrogens with one attached hydrogen (secondary N) is 1. The average molecular weight is 400 g/mol. The van der Waals surface area contributed by atoms with Gasteiger partial charge < -0.3 is 14.8 Å². The van der Waals surface area contributed by atoms with Crippen molar-refractivity contribution in [3.8, 4) is 0 Å². The Morgan fingerprint density at radius 2 is 1.79 bits per heavy atom. The van der Waals surface area contributed by atoms with Crippen LogP contribution >= 0.6 is 15.9 Å². The fourth-order valence-corrected chi connectivity index (χ4v) is 2.29. The largest absolute Gasteiger partial charge is 0.467 e. The topological polar surface area (TPSA) is 81.7 Å². The number of halogens is 1. The van der Waals surface area contributed by atoms with Gasteiger partial charge in [-0.1, -0.05) is 41.9 Å². The lowest BCUT2D eigenvalue weighted by atomic mass is 10.0. The first-order valence-corrected chi connectivity index (χ1v) is 8.38. The zero-order chi connectivity index (χ0) is 18.1. The first-order valence-electron chi connectivity index (χ1n) is 7.59. The third kappa shape index (κ3) is 7.59. The lowest BCUT2D eigenvalue weighted by molar-refractivity contribution is -0.150. The maximum Gasteiger partial charge on any atom is 0.328 e. The van der Waals surface area contributed by atoms with Gasteiger partial charge in [0.2, 0.25) is 0 Å². The quantitative estimate of drug-likeness (QED) is 0.677. The van der Waals surface area contributed by atoms with Gasteiger partial charge in [0.25, 0.3) is 5.91 Å². The molecule has 0 saturated heterocycles. The summed E-state index contributed by atoms with van der Waals surface area (Å²) in [6, 6.07) is 6.49. The number of carbonyl (C=O) groups excluding carboxylic acids is 3. The SMILES string of the molecule is COC(=O)[C@H](CC(C)C)NC(=O)COC(=O)Cc1ccc(Br)cc1. The van der Waals surface area contributed by atoms with Crippen molar-refractivity contribution < 1.29 is 23.9 Å². The van der Waals surface area contributed by atoms with Crippen LogP contribution in [0.3, 0.4) is 0 Å². The smallest absolute Gasteiger partial charge is 0.328 e. The van der Waals surface area contributed by atoms with E-state index in [4.69, 9.17) is 4.74 Å². The summed E-state index contributed by atoms with van der Waals surface area (Å²) < 4.78 is 10.5. The number of amides is 1. The highest BCUT2D eigenvalue weighted by molar-refractivity contribution is 9.10. The van der Waals surface area contributed by atoms with Crippen LogP contribution in [0.2, 0.25) is 0 Å². The van der Waals surface area contributed by atoms with Crippen LogP contribution < -0.4 is 5.32 Å². The summed E-state index contributed by atoms with van der Waals surface area (Å²) in [7, 11) is 1.26. The number of rotatable bonds is 8. The predicted octanol–water partition coefficient (Wildman–Crippen LogP) is 2.24. The summed E-state index contributed by atoms with van der Waals surface area (Å²) in [4.78, 5) is 35.2. The minimum absolute atomic E-state index is 0.0764. The number of esters is 2. The average Bonchev–Trinajstić information content (AvgIpc) is 2.53. The molecule has 24 heavy (non-hydrogen) atoms. The molecular weight excluding hydrogens is 378 g/mol. The van der Waals surface area contributed by atoms with Gasteiger partial charge in [-0.25, -0.2) is 4.79 Å². The Kier molecular flexibility index (Phi) is 8.46. The number of methoxy groups -OCH3 is 1. The monoisotopic (exact) mass is 399 g/mol. The molecule has 0 aliphatic heterocycles. The van der Waals surface area contributed by atoms with Gasteiger partial charge in [-0.15, -0.1) is 0 Å². The molecule has 1 aromatic rings. The fraction of sp³-hybridized carbons (Fsp3) is 0.471. The molecular formula is C17H22BrNO5. The van der Waals surface area contributed by atoms with Gasteiger partial charge in [0, 0.05) is 4.47 Å². The van der Waals surface area contributed by atoms with Crippen molar-refractivity contribution in [1.29, 1.82) is 0 Å². The molecule has 7 heteroatoms. The molecule has 0 radical (unpaired) electrons. The zero-order valence-corrected chi connectivity index (χ0v) is 15.6. The van der Waals surface area contributed by atoms with Crippen molar-refractivity contribution in [3.63, 3.8) is 0 Å². The third-order valence-electron chi connectivity index (χ3n) is 3.15. The molecule has 0 unspecified atom stereocenters. The molecule has 1 N–H and O–H groups in total. The van der Waals surface area contributed by atoms with Gasteiger partial charge in [-0.3, -0.25) is 9.59 Å². The lowest BCUT2D eigenvalue weighted by Crippen LogP contribution is -2.44. The van der Waals surface area contributed by atoms with Crippen LogP contribution in [0.15, 0.2) is 28.7 Å². The normalized spacial score (nSPS) is 11.7. The number of ether oxygens (including phenoxy) is 2. The number of hydrogen-bond donors (Lipinski definition) is 1. The molecule has 1 aromatic carbocycles. The van der Waals surface area contributed by atoms with Crippen molar-refractivity contribution in [3.05, 3.63) is 34.3 Å². The minimum atomic E-state index is -0.743. The summed E-state index contributed by atoms with van der Waals surface area (Å²) in [5, 5.41) is 2.53. The first kappa shape index (κ1) is 20.2. The van der Waals surface area contributed by atoms with Crippen LogP contribution in [-0.4, -0.2) is 37.6 Å². The van der Waals surface area contributed by atoms with Crippen molar-refractivity contribution in [2.75, 3.05) is 13.7 Å². The molecule has 6 nitrogen and oxygen atoms in total. The van der Waals surface area contributed by atoms with Gasteiger partial charge in [0.15, 0.2) is 6.61 Å². The molecule has 0 fully saturated rings. The van der Waals surface area contributed by atoms with Crippen molar-refractivity contribution in [2.24, 2.45) is 5.92 Å². The Balaban J connectivity index is 2.44. The molecule has 0 heterocycles. The van der Waals surface area contributed by atoms with Crippen molar-refractivity contribution in [2.45, 2.75) is 32.7 Å². The van der Waals surface area contributed by atoms with E-state index in [1.807, 2.05) is 26.0 Å². The van der Waals surface area contributed by atoms with Crippen LogP contribution in [0.25, 0.3) is 0 Å². The van der Waals surface area contributed by atoms with E-state index in [0.29, 0.717) is 6.42 Å². The van der Waals surface area contributed by atoms with Gasteiger partial charge in [-0.05, 0) is 30.0 Å². The summed E-state index contributed by atoms with van der Waals surface area (Å²) in [6.07, 6.45) is 0.526. The van der Waals surface area contributed by atoms with E-state index in [1.54, 1.807) is 12.1 Å². The maximum atomic E-state index is 11.9. The Morgan fingerprint density at radius 3 is 2.33 bits per heavy atom. The highest BCUT2D eigenvalue weighted by Crippen LogP contribution is 2.11. The Labute approximate surface area is 150 Å². The van der Waals surface area contributed by atoms with E-state index < -0.39 is 30.5 Å². The van der Waals surface area contributed by atoms with Gasteiger partial charge in [0.05, 0.1) is 13.5 Å². The Morgan fingerprint density at radius 1 is 1.17 bits per heavy atom. The number of benzene rings is 1. The van der Waals surface area contributed by atoms with E-state index in [2.05, 4.69) is 26.0 Å². The van der Waals surface area contributed by atoms with E-state index in [0.717, 1.165) is 10.0 Å². The summed E-state index contributed by atoms with van der Waals surface area (Å²) in [6.45, 7) is 3.43. The molecule has 1 rings (SSSR count). The second-order valence-electron chi connectivity index (χ2n) is 5.74. The standard InChI is InChI=1S/C17H22BrNO5/c1-11(2)8-14(17(22)23-3)19-15(20)10-24-16(21)9-12-4-6-13(18)7-5-12/h4-7,11,14H,8-10H2,1-3H3,(H,19,20)/t14-/m0/s1. The molecule has 1 amide bonds. The van der Waals surface area contributed by atoms with Crippen LogP contribution in [0.5, 0.6) is 0 Å². The van der Waals surface area contributed by atoms with Crippen LogP contribution in [0, 0.1) is 5.92 Å². The summed E-state index contributed by atoms with van der Waals surface area (Å²) >= 11 is 3.31. The third-order valence-corrected chi connectivity index (χ3v) is 3.68. The maximum absolute atomic E-state index is 11.9. The Hall–Kier alpha value is -1.89. The predicted molar refractivity (Wildman–Crippen MR) is 92.2 cm³/mol. The van der Waals surface area contributed by atoms with Gasteiger partial charge in [0.1, 0.15) is 6.04 Å². The molecule has 132 valence electrons. The zero-order valence-electron chi connectivity index (χ0n) is 14.0. The van der Waals surface area contributed by atoms with E-state index >= 15 is 0 Å². The Bertz CT molecular complexity index is 571.